The summed E-state index contributed by atoms with van der Waals surface area (Å²) in [7, 11) is -2.76. The van der Waals surface area contributed by atoms with E-state index in [0.717, 1.165) is 0 Å². The van der Waals surface area contributed by atoms with E-state index in [1.807, 2.05) is 0 Å². The van der Waals surface area contributed by atoms with Crippen molar-refractivity contribution in [3.63, 3.8) is 0 Å². The van der Waals surface area contributed by atoms with Crippen LogP contribution >= 0.6 is 0 Å². The third-order valence-electron chi connectivity index (χ3n) is 2.78. The van der Waals surface area contributed by atoms with Crippen molar-refractivity contribution < 1.29 is 27.5 Å². The number of carbonyl (C=O) groups is 1. The number of furan rings is 1. The van der Waals surface area contributed by atoms with Crippen LogP contribution in [0.2, 0.25) is 0 Å². The number of aliphatic hydroxyl groups is 1. The number of rotatable bonds is 6. The van der Waals surface area contributed by atoms with Gasteiger partial charge in [-0.05, 0) is 27.2 Å². The zero-order valence-electron chi connectivity index (χ0n) is 11.9. The first-order valence-corrected chi connectivity index (χ1v) is 7.54. The van der Waals surface area contributed by atoms with E-state index in [4.69, 9.17) is 9.52 Å². The number of aryl methyl sites for hydroxylation is 2. The summed E-state index contributed by atoms with van der Waals surface area (Å²) in [5, 5.41) is 8.82. The standard InChI is InChI=1S/C12H19NO6S/c1-7(5-6-14)13-20(16,17)11-9(3)19-8(2)10(11)12(15)18-4/h7,13-14H,5-6H2,1-4H3. The van der Waals surface area contributed by atoms with Gasteiger partial charge in [0.1, 0.15) is 22.0 Å². The molecule has 7 nitrogen and oxygen atoms in total. The molecule has 0 amide bonds. The molecule has 2 N–H and O–H groups in total. The number of hydrogen-bond acceptors (Lipinski definition) is 6. The third-order valence-corrected chi connectivity index (χ3v) is 4.52. The molecule has 1 heterocycles. The van der Waals surface area contributed by atoms with Gasteiger partial charge < -0.3 is 14.3 Å². The Labute approximate surface area is 118 Å². The normalized spacial score (nSPS) is 13.2. The van der Waals surface area contributed by atoms with Gasteiger partial charge in [-0.1, -0.05) is 0 Å². The van der Waals surface area contributed by atoms with Gasteiger partial charge in [0.05, 0.1) is 7.11 Å². The summed E-state index contributed by atoms with van der Waals surface area (Å²) < 4.78 is 36.9. The van der Waals surface area contributed by atoms with E-state index in [0.29, 0.717) is 0 Å². The van der Waals surface area contributed by atoms with Gasteiger partial charge in [0, 0.05) is 12.6 Å². The largest absolute Gasteiger partial charge is 0.465 e. The SMILES string of the molecule is COC(=O)c1c(C)oc(C)c1S(=O)(=O)NC(C)CCO. The molecule has 0 bridgehead atoms. The number of hydrogen-bond donors (Lipinski definition) is 2. The highest BCUT2D eigenvalue weighted by atomic mass is 32.2. The summed E-state index contributed by atoms with van der Waals surface area (Å²) in [6.45, 7) is 4.44. The maximum absolute atomic E-state index is 12.3. The van der Waals surface area contributed by atoms with Crippen molar-refractivity contribution in [3.05, 3.63) is 17.1 Å². The van der Waals surface area contributed by atoms with Gasteiger partial charge >= 0.3 is 5.97 Å². The van der Waals surface area contributed by atoms with Crippen molar-refractivity contribution >= 4 is 16.0 Å². The van der Waals surface area contributed by atoms with E-state index in [2.05, 4.69) is 9.46 Å². The molecular formula is C12H19NO6S. The quantitative estimate of drug-likeness (QED) is 0.751. The summed E-state index contributed by atoms with van der Waals surface area (Å²) in [5.41, 5.74) is -0.103. The predicted octanol–water partition coefficient (Wildman–Crippen LogP) is 0.732. The van der Waals surface area contributed by atoms with Crippen LogP contribution in [0, 0.1) is 13.8 Å². The van der Waals surface area contributed by atoms with Gasteiger partial charge in [-0.2, -0.15) is 0 Å². The number of esters is 1. The van der Waals surface area contributed by atoms with E-state index in [9.17, 15) is 13.2 Å². The zero-order chi connectivity index (χ0) is 15.5. The Hall–Kier alpha value is -1.38. The van der Waals surface area contributed by atoms with Crippen LogP contribution in [0.4, 0.5) is 0 Å². The second kappa shape index (κ2) is 6.38. The number of carbonyl (C=O) groups excluding carboxylic acids is 1. The average Bonchev–Trinajstić information content (AvgIpc) is 2.63. The fraction of sp³-hybridized carbons (Fsp3) is 0.583. The molecule has 0 saturated heterocycles. The molecule has 0 fully saturated rings. The molecule has 0 spiro atoms. The molecule has 0 aliphatic carbocycles. The lowest BCUT2D eigenvalue weighted by Crippen LogP contribution is -2.34. The minimum absolute atomic E-state index is 0.103. The summed E-state index contributed by atoms with van der Waals surface area (Å²) in [5.74, 6) is -0.467. The van der Waals surface area contributed by atoms with Crippen LogP contribution in [0.15, 0.2) is 9.31 Å². The monoisotopic (exact) mass is 305 g/mol. The summed E-state index contributed by atoms with van der Waals surface area (Å²) in [6, 6.07) is -0.467. The number of ether oxygens (including phenoxy) is 1. The van der Waals surface area contributed by atoms with Crippen LogP contribution in [0.3, 0.4) is 0 Å². The second-order valence-corrected chi connectivity index (χ2v) is 6.10. The van der Waals surface area contributed by atoms with Crippen molar-refractivity contribution in [1.82, 2.24) is 4.72 Å². The Morgan fingerprint density at radius 2 is 2.00 bits per heavy atom. The molecule has 0 aliphatic heterocycles. The van der Waals surface area contributed by atoms with Gasteiger partial charge in [0.2, 0.25) is 10.0 Å². The van der Waals surface area contributed by atoms with Gasteiger partial charge in [-0.15, -0.1) is 0 Å². The molecular weight excluding hydrogens is 286 g/mol. The molecule has 1 unspecified atom stereocenters. The molecule has 20 heavy (non-hydrogen) atoms. The van der Waals surface area contributed by atoms with Crippen LogP contribution in [0.5, 0.6) is 0 Å². The van der Waals surface area contributed by atoms with E-state index in [1.54, 1.807) is 6.92 Å². The Kier molecular flexibility index (Phi) is 5.32. The van der Waals surface area contributed by atoms with Crippen LogP contribution < -0.4 is 4.72 Å². The first-order chi connectivity index (χ1) is 9.24. The number of nitrogens with one attached hydrogen (secondary N) is 1. The minimum Gasteiger partial charge on any atom is -0.465 e. The fourth-order valence-corrected chi connectivity index (χ4v) is 3.58. The Morgan fingerprint density at radius 1 is 1.40 bits per heavy atom. The van der Waals surface area contributed by atoms with Gasteiger partial charge in [0.15, 0.2) is 0 Å². The number of sulfonamides is 1. The molecule has 0 aromatic carbocycles. The Morgan fingerprint density at radius 3 is 2.50 bits per heavy atom. The van der Waals surface area contributed by atoms with Crippen molar-refractivity contribution in [3.8, 4) is 0 Å². The molecule has 0 saturated carbocycles. The fourth-order valence-electron chi connectivity index (χ4n) is 1.90. The highest BCUT2D eigenvalue weighted by Gasteiger charge is 2.32. The zero-order valence-corrected chi connectivity index (χ0v) is 12.7. The molecule has 0 aliphatic rings. The Bertz CT molecular complexity index is 589. The van der Waals surface area contributed by atoms with Crippen LogP contribution in [0.1, 0.15) is 35.2 Å². The predicted molar refractivity (Wildman–Crippen MR) is 71.0 cm³/mol. The van der Waals surface area contributed by atoms with Crippen molar-refractivity contribution in [2.75, 3.05) is 13.7 Å². The molecule has 114 valence electrons. The first-order valence-electron chi connectivity index (χ1n) is 6.06. The minimum atomic E-state index is -3.93. The summed E-state index contributed by atoms with van der Waals surface area (Å²) >= 11 is 0. The number of methoxy groups -OCH3 is 1. The second-order valence-electron chi connectivity index (χ2n) is 4.44. The number of aliphatic hydroxyl groups excluding tert-OH is 1. The van der Waals surface area contributed by atoms with E-state index < -0.39 is 22.0 Å². The van der Waals surface area contributed by atoms with Crippen molar-refractivity contribution in [1.29, 1.82) is 0 Å². The van der Waals surface area contributed by atoms with Gasteiger partial charge in [-0.3, -0.25) is 0 Å². The lowest BCUT2D eigenvalue weighted by Gasteiger charge is -2.13. The summed E-state index contributed by atoms with van der Waals surface area (Å²) in [6.07, 6.45) is 0.267. The highest BCUT2D eigenvalue weighted by molar-refractivity contribution is 7.89. The lowest BCUT2D eigenvalue weighted by atomic mass is 10.2. The van der Waals surface area contributed by atoms with Crippen LogP contribution in [0.25, 0.3) is 0 Å². The van der Waals surface area contributed by atoms with Crippen LogP contribution in [-0.4, -0.2) is 39.3 Å². The van der Waals surface area contributed by atoms with E-state index >= 15 is 0 Å². The molecule has 0 radical (unpaired) electrons. The molecule has 1 aromatic rings. The van der Waals surface area contributed by atoms with Crippen molar-refractivity contribution in [2.24, 2.45) is 0 Å². The first kappa shape index (κ1) is 16.7. The maximum Gasteiger partial charge on any atom is 0.342 e. The lowest BCUT2D eigenvalue weighted by molar-refractivity contribution is 0.0594. The average molecular weight is 305 g/mol. The van der Waals surface area contributed by atoms with Gasteiger partial charge in [0.25, 0.3) is 0 Å². The topological polar surface area (TPSA) is 106 Å². The van der Waals surface area contributed by atoms with Gasteiger partial charge in [-0.25, -0.2) is 17.9 Å². The van der Waals surface area contributed by atoms with E-state index in [1.165, 1.54) is 21.0 Å². The van der Waals surface area contributed by atoms with Crippen molar-refractivity contribution in [2.45, 2.75) is 38.1 Å². The Balaban J connectivity index is 3.28. The third kappa shape index (κ3) is 3.38. The summed E-state index contributed by atoms with van der Waals surface area (Å²) in [4.78, 5) is 11.5. The highest BCUT2D eigenvalue weighted by Crippen LogP contribution is 2.27. The molecule has 1 rings (SSSR count). The smallest absolute Gasteiger partial charge is 0.342 e. The van der Waals surface area contributed by atoms with Crippen LogP contribution in [-0.2, 0) is 14.8 Å². The molecule has 8 heteroatoms. The maximum atomic E-state index is 12.3. The molecule has 1 atom stereocenters. The molecule has 1 aromatic heterocycles. The van der Waals surface area contributed by atoms with E-state index in [-0.39, 0.29) is 35.0 Å².